The van der Waals surface area contributed by atoms with Crippen LogP contribution in [0.25, 0.3) is 0 Å². The van der Waals surface area contributed by atoms with E-state index in [9.17, 15) is 4.79 Å². The van der Waals surface area contributed by atoms with Crippen molar-refractivity contribution in [3.05, 3.63) is 10.9 Å². The molecule has 0 N–H and O–H groups in total. The summed E-state index contributed by atoms with van der Waals surface area (Å²) in [5, 5.41) is 1.88. The van der Waals surface area contributed by atoms with E-state index in [2.05, 4.69) is 11.9 Å². The highest BCUT2D eigenvalue weighted by Gasteiger charge is 2.32. The van der Waals surface area contributed by atoms with E-state index in [1.807, 2.05) is 5.38 Å². The highest BCUT2D eigenvalue weighted by molar-refractivity contribution is 7.07. The second kappa shape index (κ2) is 6.00. The van der Waals surface area contributed by atoms with Crippen molar-refractivity contribution in [1.82, 2.24) is 4.98 Å². The quantitative estimate of drug-likeness (QED) is 0.730. The number of amides is 1. The van der Waals surface area contributed by atoms with Crippen molar-refractivity contribution < 1.29 is 9.53 Å². The summed E-state index contributed by atoms with van der Waals surface area (Å²) in [6, 6.07) is 0. The molecule has 5 heteroatoms. The van der Waals surface area contributed by atoms with Crippen molar-refractivity contribution in [2.45, 2.75) is 45.1 Å². The average Bonchev–Trinajstić information content (AvgIpc) is 2.93. The van der Waals surface area contributed by atoms with Gasteiger partial charge in [-0.05, 0) is 12.8 Å². The maximum Gasteiger partial charge on any atom is 0.415 e. The first-order valence-electron chi connectivity index (χ1n) is 6.17. The first kappa shape index (κ1) is 12.4. The third-order valence-electron chi connectivity index (χ3n) is 2.95. The van der Waals surface area contributed by atoms with Crippen LogP contribution in [0.1, 0.15) is 39.0 Å². The molecule has 1 saturated heterocycles. The Morgan fingerprint density at radius 2 is 2.41 bits per heavy atom. The van der Waals surface area contributed by atoms with Gasteiger partial charge in [-0.25, -0.2) is 9.78 Å². The minimum atomic E-state index is -0.253. The van der Waals surface area contributed by atoms with Crippen molar-refractivity contribution in [2.24, 2.45) is 0 Å². The number of thiazole rings is 1. The maximum atomic E-state index is 11.6. The number of carbonyl (C=O) groups excluding carboxylic acids is 1. The van der Waals surface area contributed by atoms with Gasteiger partial charge >= 0.3 is 6.09 Å². The first-order valence-corrected chi connectivity index (χ1v) is 7.12. The van der Waals surface area contributed by atoms with Gasteiger partial charge < -0.3 is 4.74 Å². The molecule has 0 radical (unpaired) electrons. The highest BCUT2D eigenvalue weighted by Crippen LogP contribution is 2.23. The molecule has 1 atom stereocenters. The third kappa shape index (κ3) is 3.19. The predicted octanol–water partition coefficient (Wildman–Crippen LogP) is 3.44. The monoisotopic (exact) mass is 254 g/mol. The molecule has 1 fully saturated rings. The molecule has 0 bridgehead atoms. The zero-order chi connectivity index (χ0) is 12.1. The van der Waals surface area contributed by atoms with Gasteiger partial charge in [0.1, 0.15) is 11.9 Å². The second-order valence-corrected chi connectivity index (χ2v) is 5.03. The van der Waals surface area contributed by atoms with Gasteiger partial charge in [0.2, 0.25) is 0 Å². The van der Waals surface area contributed by atoms with E-state index >= 15 is 0 Å². The summed E-state index contributed by atoms with van der Waals surface area (Å²) in [7, 11) is 0. The van der Waals surface area contributed by atoms with Crippen LogP contribution in [0.15, 0.2) is 10.9 Å². The van der Waals surface area contributed by atoms with Crippen molar-refractivity contribution in [3.63, 3.8) is 0 Å². The molecule has 1 aromatic rings. The average molecular weight is 254 g/mol. The standard InChI is InChI=1S/C12H18N2O2S/c1-2-3-4-5-6-10-7-14(12(15)16-10)11-8-17-9-13-11/h8-10H,2-7H2,1H3. The topological polar surface area (TPSA) is 42.4 Å². The molecule has 0 saturated carbocycles. The van der Waals surface area contributed by atoms with Gasteiger partial charge in [-0.1, -0.05) is 26.2 Å². The van der Waals surface area contributed by atoms with Crippen molar-refractivity contribution in [3.8, 4) is 0 Å². The van der Waals surface area contributed by atoms with Crippen LogP contribution in [0.2, 0.25) is 0 Å². The fraction of sp³-hybridized carbons (Fsp3) is 0.667. The van der Waals surface area contributed by atoms with Crippen LogP contribution in [0, 0.1) is 0 Å². The van der Waals surface area contributed by atoms with E-state index in [0.717, 1.165) is 18.7 Å². The van der Waals surface area contributed by atoms with Crippen LogP contribution in [-0.4, -0.2) is 23.7 Å². The lowest BCUT2D eigenvalue weighted by Crippen LogP contribution is -2.24. The number of hydrogen-bond acceptors (Lipinski definition) is 4. The number of cyclic esters (lactones) is 1. The Morgan fingerprint density at radius 3 is 3.12 bits per heavy atom. The Kier molecular flexibility index (Phi) is 4.36. The summed E-state index contributed by atoms with van der Waals surface area (Å²) >= 11 is 1.49. The molecule has 1 aliphatic heterocycles. The molecule has 17 heavy (non-hydrogen) atoms. The smallest absolute Gasteiger partial charge is 0.415 e. The van der Waals surface area contributed by atoms with Gasteiger partial charge in [0.05, 0.1) is 12.1 Å². The summed E-state index contributed by atoms with van der Waals surface area (Å²) in [5.41, 5.74) is 1.73. The maximum absolute atomic E-state index is 11.6. The number of aromatic nitrogens is 1. The Bertz CT molecular complexity index is 353. The van der Waals surface area contributed by atoms with Gasteiger partial charge in [-0.3, -0.25) is 4.90 Å². The van der Waals surface area contributed by atoms with Crippen LogP contribution in [-0.2, 0) is 4.74 Å². The Balaban J connectivity index is 1.79. The largest absolute Gasteiger partial charge is 0.444 e. The van der Waals surface area contributed by atoms with Gasteiger partial charge in [0.25, 0.3) is 0 Å². The number of nitrogens with zero attached hydrogens (tertiary/aromatic N) is 2. The van der Waals surface area contributed by atoms with E-state index in [-0.39, 0.29) is 12.2 Å². The van der Waals surface area contributed by atoms with Crippen LogP contribution < -0.4 is 4.90 Å². The molecule has 1 amide bonds. The molecule has 94 valence electrons. The lowest BCUT2D eigenvalue weighted by atomic mass is 10.1. The van der Waals surface area contributed by atoms with Crippen LogP contribution >= 0.6 is 11.3 Å². The third-order valence-corrected chi connectivity index (χ3v) is 3.52. The fourth-order valence-corrected chi connectivity index (χ4v) is 2.54. The highest BCUT2D eigenvalue weighted by atomic mass is 32.1. The Hall–Kier alpha value is -1.10. The number of carbonyl (C=O) groups is 1. The molecule has 0 spiro atoms. The SMILES string of the molecule is CCCCCCC1CN(c2cscn2)C(=O)O1. The number of anilines is 1. The molecule has 1 aromatic heterocycles. The zero-order valence-electron chi connectivity index (χ0n) is 10.1. The number of ether oxygens (including phenoxy) is 1. The number of unbranched alkanes of at least 4 members (excludes halogenated alkanes) is 3. The molecule has 2 heterocycles. The van der Waals surface area contributed by atoms with E-state index in [0.29, 0.717) is 6.54 Å². The van der Waals surface area contributed by atoms with Gasteiger partial charge in [0.15, 0.2) is 0 Å². The minimum absolute atomic E-state index is 0.0426. The van der Waals surface area contributed by atoms with Crippen molar-refractivity contribution in [2.75, 3.05) is 11.4 Å². The van der Waals surface area contributed by atoms with Gasteiger partial charge in [-0.2, -0.15) is 0 Å². The van der Waals surface area contributed by atoms with E-state index in [4.69, 9.17) is 4.74 Å². The molecule has 2 rings (SSSR count). The van der Waals surface area contributed by atoms with Gasteiger partial charge in [0, 0.05) is 5.38 Å². The Morgan fingerprint density at radius 1 is 1.53 bits per heavy atom. The summed E-state index contributed by atoms with van der Waals surface area (Å²) in [4.78, 5) is 17.4. The van der Waals surface area contributed by atoms with Crippen LogP contribution in [0.4, 0.5) is 10.6 Å². The van der Waals surface area contributed by atoms with Gasteiger partial charge in [-0.15, -0.1) is 11.3 Å². The lowest BCUT2D eigenvalue weighted by Gasteiger charge is -2.08. The fourth-order valence-electron chi connectivity index (χ4n) is 2.00. The van der Waals surface area contributed by atoms with Crippen molar-refractivity contribution in [1.29, 1.82) is 0 Å². The predicted molar refractivity (Wildman–Crippen MR) is 68.5 cm³/mol. The molecule has 1 aliphatic rings. The van der Waals surface area contributed by atoms with Crippen LogP contribution in [0.5, 0.6) is 0 Å². The summed E-state index contributed by atoms with van der Waals surface area (Å²) in [5.74, 6) is 0.719. The van der Waals surface area contributed by atoms with E-state index < -0.39 is 0 Å². The molecule has 0 aromatic carbocycles. The molecular weight excluding hydrogens is 236 g/mol. The summed E-state index contributed by atoms with van der Waals surface area (Å²) in [6.07, 6.45) is 5.60. The number of hydrogen-bond donors (Lipinski definition) is 0. The zero-order valence-corrected chi connectivity index (χ0v) is 10.9. The van der Waals surface area contributed by atoms with Crippen LogP contribution in [0.3, 0.4) is 0 Å². The summed E-state index contributed by atoms with van der Waals surface area (Å²) in [6.45, 7) is 2.84. The van der Waals surface area contributed by atoms with E-state index in [1.165, 1.54) is 30.6 Å². The van der Waals surface area contributed by atoms with Crippen molar-refractivity contribution >= 4 is 23.2 Å². The second-order valence-electron chi connectivity index (χ2n) is 4.31. The lowest BCUT2D eigenvalue weighted by molar-refractivity contribution is 0.135. The number of rotatable bonds is 6. The molecule has 4 nitrogen and oxygen atoms in total. The summed E-state index contributed by atoms with van der Waals surface area (Å²) < 4.78 is 5.33. The van der Waals surface area contributed by atoms with E-state index in [1.54, 1.807) is 10.4 Å². The normalized spacial score (nSPS) is 19.7. The molecular formula is C12H18N2O2S. The molecule has 1 unspecified atom stereocenters. The minimum Gasteiger partial charge on any atom is -0.444 e. The molecule has 0 aliphatic carbocycles. The first-order chi connectivity index (χ1) is 8.31. The Labute approximate surface area is 106 Å².